The zero-order valence-electron chi connectivity index (χ0n) is 34.0. The van der Waals surface area contributed by atoms with Crippen LogP contribution in [0, 0.1) is 0 Å². The summed E-state index contributed by atoms with van der Waals surface area (Å²) in [5, 5.41) is 4.82. The number of amides is 1. The third-order valence-corrected chi connectivity index (χ3v) is 14.8. The van der Waals surface area contributed by atoms with Gasteiger partial charge in [-0.2, -0.15) is 0 Å². The Labute approximate surface area is 344 Å². The monoisotopic (exact) mass is 860 g/mol. The standard InChI is InChI=1S/C22H32N4O4S2.C17H24N4O2S2/c1-21(2,3)26-32(28,29)18-11-14(23)7-8-16(18)17-12-24-19(31-17)13-9-15(10-13)25-20(27)30-22(4,5)6;1-17(2,3)21-25(22,23)15-8-11(18)4-5-13(15)14-9-20-16(24-14)10-6-12(19)7-10/h7-8,11-13,15,26H,9-10,23H2,1-6H3,(H,25,27);4-5,8-10,12,21H,6-7,18-19H2,1-3H3. The van der Waals surface area contributed by atoms with Crippen molar-refractivity contribution < 1.29 is 26.4 Å². The second-order valence-electron chi connectivity index (χ2n) is 17.8. The first kappa shape index (κ1) is 44.5. The predicted molar refractivity (Wildman–Crippen MR) is 229 cm³/mol. The van der Waals surface area contributed by atoms with E-state index in [4.69, 9.17) is 21.9 Å². The van der Waals surface area contributed by atoms with Gasteiger partial charge in [0.05, 0.1) is 29.6 Å². The first-order valence-corrected chi connectivity index (χ1v) is 23.3. The molecular weight excluding hydrogens is 805 g/mol. The lowest BCUT2D eigenvalue weighted by atomic mass is 9.81. The van der Waals surface area contributed by atoms with Crippen LogP contribution in [0.25, 0.3) is 20.9 Å². The Morgan fingerprint density at radius 2 is 1.11 bits per heavy atom. The lowest BCUT2D eigenvalue weighted by molar-refractivity contribution is 0.0471. The van der Waals surface area contributed by atoms with Crippen LogP contribution in [0.3, 0.4) is 0 Å². The van der Waals surface area contributed by atoms with Crippen molar-refractivity contribution in [1.82, 2.24) is 24.7 Å². The molecule has 57 heavy (non-hydrogen) atoms. The van der Waals surface area contributed by atoms with Gasteiger partial charge in [0.15, 0.2) is 0 Å². The number of carbonyl (C=O) groups excluding carboxylic acids is 1. The summed E-state index contributed by atoms with van der Waals surface area (Å²) in [7, 11) is -7.47. The van der Waals surface area contributed by atoms with E-state index in [9.17, 15) is 21.6 Å². The summed E-state index contributed by atoms with van der Waals surface area (Å²) >= 11 is 2.99. The SMILES string of the molecule is CC(C)(C)NS(=O)(=O)c1cc(N)ccc1-c1cnc(C2CC(N)C2)s1.CC(C)(C)NS(=O)(=O)c1cc(N)ccc1-c1cnc(C2CC(NC(=O)OC(C)(C)C)C2)s1. The number of carbonyl (C=O) groups is 1. The molecule has 1 amide bonds. The van der Waals surface area contributed by atoms with Crippen molar-refractivity contribution in [1.29, 1.82) is 0 Å². The van der Waals surface area contributed by atoms with Crippen LogP contribution in [-0.2, 0) is 24.8 Å². The summed E-state index contributed by atoms with van der Waals surface area (Å²) in [5.74, 6) is 0.602. The molecule has 2 fully saturated rings. The molecule has 2 heterocycles. The molecule has 0 aliphatic heterocycles. The Kier molecular flexibility index (Phi) is 12.9. The summed E-state index contributed by atoms with van der Waals surface area (Å²) < 4.78 is 62.4. The van der Waals surface area contributed by atoms with Crippen LogP contribution in [0.2, 0.25) is 0 Å². The maximum absolute atomic E-state index is 13.0. The number of anilines is 2. The van der Waals surface area contributed by atoms with Crippen molar-refractivity contribution in [2.24, 2.45) is 5.73 Å². The molecule has 0 unspecified atom stereocenters. The molecule has 4 aromatic rings. The average molecular weight is 861 g/mol. The largest absolute Gasteiger partial charge is 0.444 e. The molecule has 0 saturated heterocycles. The lowest BCUT2D eigenvalue weighted by Gasteiger charge is -2.35. The normalized spacial score (nSPS) is 20.1. The van der Waals surface area contributed by atoms with Crippen LogP contribution in [-0.4, -0.2) is 61.7 Å². The maximum Gasteiger partial charge on any atom is 0.407 e. The van der Waals surface area contributed by atoms with Crippen molar-refractivity contribution in [2.45, 2.75) is 138 Å². The van der Waals surface area contributed by atoms with Crippen LogP contribution in [0.4, 0.5) is 16.2 Å². The van der Waals surface area contributed by atoms with Gasteiger partial charge in [0.1, 0.15) is 5.60 Å². The van der Waals surface area contributed by atoms with Gasteiger partial charge in [-0.25, -0.2) is 41.0 Å². The highest BCUT2D eigenvalue weighted by Crippen LogP contribution is 2.43. The number of hydrogen-bond acceptors (Lipinski definition) is 13. The Hall–Kier alpha value is -3.65. The van der Waals surface area contributed by atoms with Gasteiger partial charge in [-0.15, -0.1) is 22.7 Å². The molecule has 14 nitrogen and oxygen atoms in total. The molecular formula is C39H56N8O6S4. The van der Waals surface area contributed by atoms with Crippen LogP contribution in [0.1, 0.15) is 110 Å². The van der Waals surface area contributed by atoms with Gasteiger partial charge in [0.2, 0.25) is 20.0 Å². The number of alkyl carbamates (subject to hydrolysis) is 1. The molecule has 0 radical (unpaired) electrons. The first-order valence-electron chi connectivity index (χ1n) is 18.7. The number of sulfonamides is 2. The molecule has 0 spiro atoms. The van der Waals surface area contributed by atoms with E-state index in [-0.39, 0.29) is 27.8 Å². The molecule has 312 valence electrons. The van der Waals surface area contributed by atoms with Crippen molar-refractivity contribution >= 4 is 60.2 Å². The van der Waals surface area contributed by atoms with E-state index in [0.717, 1.165) is 45.5 Å². The number of ether oxygens (including phenoxy) is 1. The molecule has 18 heteroatoms. The average Bonchev–Trinajstić information content (AvgIpc) is 3.69. The molecule has 2 aromatic heterocycles. The number of nitrogens with one attached hydrogen (secondary N) is 3. The van der Waals surface area contributed by atoms with E-state index < -0.39 is 42.8 Å². The minimum absolute atomic E-state index is 0.0469. The molecule has 2 aliphatic rings. The summed E-state index contributed by atoms with van der Waals surface area (Å²) in [6.07, 6.45) is 6.44. The highest BCUT2D eigenvalue weighted by molar-refractivity contribution is 7.90. The van der Waals surface area contributed by atoms with Gasteiger partial charge >= 0.3 is 6.09 Å². The van der Waals surface area contributed by atoms with Gasteiger partial charge in [-0.1, -0.05) is 12.1 Å². The van der Waals surface area contributed by atoms with Gasteiger partial charge in [-0.3, -0.25) is 0 Å². The topological polar surface area (TPSA) is 235 Å². The van der Waals surface area contributed by atoms with Crippen molar-refractivity contribution in [3.63, 3.8) is 0 Å². The fourth-order valence-corrected chi connectivity index (χ4v) is 12.0. The number of benzene rings is 2. The van der Waals surface area contributed by atoms with E-state index in [0.29, 0.717) is 28.4 Å². The summed E-state index contributed by atoms with van der Waals surface area (Å²) in [6, 6.07) is 10.1. The Bertz CT molecular complexity index is 2290. The summed E-state index contributed by atoms with van der Waals surface area (Å²) in [5.41, 5.74) is 17.8. The summed E-state index contributed by atoms with van der Waals surface area (Å²) in [4.78, 5) is 22.9. The summed E-state index contributed by atoms with van der Waals surface area (Å²) in [6.45, 7) is 16.3. The zero-order chi connectivity index (χ0) is 42.3. The third-order valence-electron chi connectivity index (χ3n) is 8.78. The quantitative estimate of drug-likeness (QED) is 0.0946. The van der Waals surface area contributed by atoms with E-state index in [1.54, 1.807) is 78.2 Å². The lowest BCUT2D eigenvalue weighted by Crippen LogP contribution is -2.45. The Morgan fingerprint density at radius 1 is 0.702 bits per heavy atom. The fraction of sp³-hybridized carbons (Fsp3) is 0.513. The second-order valence-corrected chi connectivity index (χ2v) is 23.2. The van der Waals surface area contributed by atoms with Crippen LogP contribution in [0.15, 0.2) is 58.6 Å². The predicted octanol–water partition coefficient (Wildman–Crippen LogP) is 6.91. The third kappa shape index (κ3) is 12.0. The highest BCUT2D eigenvalue weighted by Gasteiger charge is 2.35. The van der Waals surface area contributed by atoms with Crippen molar-refractivity contribution in [3.05, 3.63) is 58.8 Å². The van der Waals surface area contributed by atoms with Gasteiger partial charge in [0, 0.05) is 69.9 Å². The smallest absolute Gasteiger partial charge is 0.407 e. The molecule has 2 aromatic carbocycles. The van der Waals surface area contributed by atoms with Gasteiger partial charge < -0.3 is 27.3 Å². The molecule has 9 N–H and O–H groups in total. The molecule has 0 atom stereocenters. The van der Waals surface area contributed by atoms with E-state index >= 15 is 0 Å². The number of rotatable bonds is 9. The number of nitrogen functional groups attached to an aromatic ring is 2. The van der Waals surface area contributed by atoms with Crippen LogP contribution < -0.4 is 32.0 Å². The second kappa shape index (κ2) is 16.5. The number of thiazole rings is 2. The first-order chi connectivity index (χ1) is 26.2. The van der Waals surface area contributed by atoms with Crippen molar-refractivity contribution in [2.75, 3.05) is 11.5 Å². The van der Waals surface area contributed by atoms with E-state index in [1.165, 1.54) is 34.8 Å². The highest BCUT2D eigenvalue weighted by atomic mass is 32.2. The van der Waals surface area contributed by atoms with Crippen molar-refractivity contribution in [3.8, 4) is 20.9 Å². The molecule has 2 aliphatic carbocycles. The van der Waals surface area contributed by atoms with E-state index in [2.05, 4.69) is 24.7 Å². The zero-order valence-corrected chi connectivity index (χ0v) is 37.2. The Morgan fingerprint density at radius 3 is 1.47 bits per heavy atom. The van der Waals surface area contributed by atoms with Crippen LogP contribution >= 0.6 is 22.7 Å². The maximum atomic E-state index is 13.0. The number of nitrogens with zero attached hydrogens (tertiary/aromatic N) is 2. The number of aromatic nitrogens is 2. The van der Waals surface area contributed by atoms with Gasteiger partial charge in [0.25, 0.3) is 0 Å². The molecule has 2 saturated carbocycles. The number of hydrogen-bond donors (Lipinski definition) is 6. The fourth-order valence-electron chi connectivity index (χ4n) is 6.32. The molecule has 6 rings (SSSR count). The Balaban J connectivity index is 0.000000224. The van der Waals surface area contributed by atoms with Gasteiger partial charge in [-0.05, 0) is 112 Å². The van der Waals surface area contributed by atoms with Crippen LogP contribution in [0.5, 0.6) is 0 Å². The van der Waals surface area contributed by atoms with E-state index in [1.807, 2.05) is 20.8 Å². The minimum Gasteiger partial charge on any atom is -0.444 e. The minimum atomic E-state index is -3.77. The number of nitrogens with two attached hydrogens (primary N) is 3. The molecule has 0 bridgehead atoms.